The number of hydrogen-bond donors (Lipinski definition) is 1. The van der Waals surface area contributed by atoms with Crippen LogP contribution in [0, 0.1) is 6.92 Å². The van der Waals surface area contributed by atoms with E-state index in [1.165, 1.54) is 11.5 Å². The van der Waals surface area contributed by atoms with Gasteiger partial charge in [0.15, 0.2) is 5.82 Å². The van der Waals surface area contributed by atoms with Gasteiger partial charge in [-0.25, -0.2) is 8.42 Å². The Kier molecular flexibility index (Phi) is 5.43. The van der Waals surface area contributed by atoms with Crippen LogP contribution in [0.25, 0.3) is 11.4 Å². The lowest BCUT2D eigenvalue weighted by Crippen LogP contribution is -2.42. The third kappa shape index (κ3) is 4.09. The topological polar surface area (TPSA) is 75.2 Å². The van der Waals surface area contributed by atoms with E-state index in [4.69, 9.17) is 0 Å². The number of hydrogen-bond acceptors (Lipinski definition) is 6. The number of aryl methyl sites for hydroxylation is 1. The van der Waals surface area contributed by atoms with Crippen LogP contribution in [0.5, 0.6) is 0 Å². The van der Waals surface area contributed by atoms with Crippen molar-refractivity contribution in [2.75, 3.05) is 18.4 Å². The monoisotopic (exact) mass is 414 g/mol. The number of sulfonamides is 1. The maximum Gasteiger partial charge on any atom is 0.243 e. The van der Waals surface area contributed by atoms with E-state index in [-0.39, 0.29) is 6.04 Å². The second kappa shape index (κ2) is 7.98. The van der Waals surface area contributed by atoms with Gasteiger partial charge in [-0.1, -0.05) is 48.0 Å². The normalized spacial score (nSPS) is 16.2. The van der Waals surface area contributed by atoms with Gasteiger partial charge in [0, 0.05) is 36.2 Å². The second-order valence-electron chi connectivity index (χ2n) is 6.92. The molecule has 1 fully saturated rings. The van der Waals surface area contributed by atoms with E-state index < -0.39 is 10.0 Å². The Morgan fingerprint density at radius 3 is 2.39 bits per heavy atom. The van der Waals surface area contributed by atoms with E-state index in [0.29, 0.717) is 23.8 Å². The predicted octanol–water partition coefficient (Wildman–Crippen LogP) is 3.78. The molecule has 146 valence electrons. The van der Waals surface area contributed by atoms with Gasteiger partial charge in [-0.05, 0) is 31.9 Å². The van der Waals surface area contributed by atoms with Crippen molar-refractivity contribution in [2.24, 2.45) is 0 Å². The molecule has 0 saturated carbocycles. The smallest absolute Gasteiger partial charge is 0.243 e. The zero-order chi connectivity index (χ0) is 19.6. The van der Waals surface area contributed by atoms with Gasteiger partial charge >= 0.3 is 0 Å². The van der Waals surface area contributed by atoms with Crippen LogP contribution in [-0.2, 0) is 10.0 Å². The average molecular weight is 415 g/mol. The summed E-state index contributed by atoms with van der Waals surface area (Å²) in [6, 6.07) is 17.1. The van der Waals surface area contributed by atoms with Crippen LogP contribution in [-0.4, -0.2) is 41.2 Å². The molecule has 1 aromatic heterocycles. The van der Waals surface area contributed by atoms with Crippen molar-refractivity contribution in [3.8, 4) is 11.4 Å². The van der Waals surface area contributed by atoms with Crippen molar-refractivity contribution < 1.29 is 8.42 Å². The molecule has 2 aromatic carbocycles. The predicted molar refractivity (Wildman–Crippen MR) is 112 cm³/mol. The maximum absolute atomic E-state index is 12.8. The first-order valence-electron chi connectivity index (χ1n) is 9.25. The molecule has 1 aliphatic heterocycles. The highest BCUT2D eigenvalue weighted by atomic mass is 32.2. The zero-order valence-electron chi connectivity index (χ0n) is 15.6. The molecule has 1 N–H and O–H groups in total. The molecule has 0 bridgehead atoms. The lowest BCUT2D eigenvalue weighted by Gasteiger charge is -2.31. The summed E-state index contributed by atoms with van der Waals surface area (Å²) in [6.45, 7) is 2.95. The molecule has 0 atom stereocenters. The van der Waals surface area contributed by atoms with Crippen LogP contribution in [0.3, 0.4) is 0 Å². The summed E-state index contributed by atoms with van der Waals surface area (Å²) in [5.74, 6) is 0.715. The Balaban J connectivity index is 1.37. The fourth-order valence-corrected chi connectivity index (χ4v) is 5.40. The highest BCUT2D eigenvalue weighted by Crippen LogP contribution is 2.25. The molecule has 0 radical (unpaired) electrons. The van der Waals surface area contributed by atoms with Crippen molar-refractivity contribution in [3.63, 3.8) is 0 Å². The molecule has 0 spiro atoms. The molecule has 3 aromatic rings. The number of rotatable bonds is 5. The molecular formula is C20H22N4O2S2. The molecule has 6 nitrogen and oxygen atoms in total. The molecule has 4 rings (SSSR count). The number of nitrogens with one attached hydrogen (secondary N) is 1. The van der Waals surface area contributed by atoms with E-state index in [1.54, 1.807) is 16.4 Å². The summed E-state index contributed by atoms with van der Waals surface area (Å²) >= 11 is 1.34. The highest BCUT2D eigenvalue weighted by molar-refractivity contribution is 7.89. The summed E-state index contributed by atoms with van der Waals surface area (Å²) in [5.41, 5.74) is 2.04. The van der Waals surface area contributed by atoms with Gasteiger partial charge in [-0.2, -0.15) is 13.7 Å². The fraction of sp³-hybridized carbons (Fsp3) is 0.300. The van der Waals surface area contributed by atoms with E-state index in [2.05, 4.69) is 14.7 Å². The summed E-state index contributed by atoms with van der Waals surface area (Å²) in [6.07, 6.45) is 1.48. The van der Waals surface area contributed by atoms with Crippen molar-refractivity contribution in [3.05, 3.63) is 60.2 Å². The van der Waals surface area contributed by atoms with Crippen molar-refractivity contribution in [1.29, 1.82) is 0 Å². The number of piperidine rings is 1. The lowest BCUT2D eigenvalue weighted by atomic mass is 10.1. The molecule has 1 saturated heterocycles. The number of aromatic nitrogens is 2. The molecular weight excluding hydrogens is 392 g/mol. The van der Waals surface area contributed by atoms with Gasteiger partial charge in [0.1, 0.15) is 0 Å². The Morgan fingerprint density at radius 2 is 1.71 bits per heavy atom. The molecule has 8 heteroatoms. The minimum absolute atomic E-state index is 0.195. The number of anilines is 1. The number of benzene rings is 2. The Morgan fingerprint density at radius 1 is 1.04 bits per heavy atom. The minimum atomic E-state index is -3.43. The standard InChI is InChI=1S/C20H22N4O2S2/c1-15-7-9-18(10-8-15)28(25,26)24-13-11-17(12-14-24)21-20-22-19(23-27-20)16-5-3-2-4-6-16/h2-10,17H,11-14H2,1H3,(H,21,22,23). The molecule has 0 aliphatic carbocycles. The van der Waals surface area contributed by atoms with Crippen LogP contribution in [0.15, 0.2) is 59.5 Å². The van der Waals surface area contributed by atoms with Gasteiger partial charge in [0.25, 0.3) is 0 Å². The zero-order valence-corrected chi connectivity index (χ0v) is 17.2. The molecule has 28 heavy (non-hydrogen) atoms. The summed E-state index contributed by atoms with van der Waals surface area (Å²) in [4.78, 5) is 4.92. The summed E-state index contributed by atoms with van der Waals surface area (Å²) in [7, 11) is -3.43. The van der Waals surface area contributed by atoms with Crippen LogP contribution < -0.4 is 5.32 Å². The Labute approximate surface area is 169 Å². The molecule has 0 amide bonds. The maximum atomic E-state index is 12.8. The van der Waals surface area contributed by atoms with Crippen LogP contribution in [0.2, 0.25) is 0 Å². The second-order valence-corrected chi connectivity index (χ2v) is 9.61. The Bertz CT molecular complexity index is 1030. The quantitative estimate of drug-likeness (QED) is 0.688. The van der Waals surface area contributed by atoms with Crippen molar-refractivity contribution >= 4 is 26.7 Å². The fourth-order valence-electron chi connectivity index (χ4n) is 3.26. The van der Waals surface area contributed by atoms with Gasteiger partial charge < -0.3 is 5.32 Å². The lowest BCUT2D eigenvalue weighted by molar-refractivity contribution is 0.329. The molecule has 1 aliphatic rings. The van der Waals surface area contributed by atoms with Crippen LogP contribution in [0.1, 0.15) is 18.4 Å². The van der Waals surface area contributed by atoms with E-state index in [0.717, 1.165) is 29.1 Å². The van der Waals surface area contributed by atoms with Crippen LogP contribution >= 0.6 is 11.5 Å². The van der Waals surface area contributed by atoms with Crippen LogP contribution in [0.4, 0.5) is 5.13 Å². The molecule has 2 heterocycles. The first-order valence-corrected chi connectivity index (χ1v) is 11.5. The van der Waals surface area contributed by atoms with Crippen molar-refractivity contribution in [1.82, 2.24) is 13.7 Å². The molecule has 0 unspecified atom stereocenters. The van der Waals surface area contributed by atoms with Gasteiger partial charge in [-0.15, -0.1) is 0 Å². The first kappa shape index (κ1) is 19.0. The van der Waals surface area contributed by atoms with E-state index in [9.17, 15) is 8.42 Å². The SMILES string of the molecule is Cc1ccc(S(=O)(=O)N2CCC(Nc3nc(-c4ccccc4)ns3)CC2)cc1. The summed E-state index contributed by atoms with van der Waals surface area (Å²) in [5, 5.41) is 4.19. The summed E-state index contributed by atoms with van der Waals surface area (Å²) < 4.78 is 31.6. The van der Waals surface area contributed by atoms with E-state index >= 15 is 0 Å². The average Bonchev–Trinajstić information content (AvgIpc) is 3.18. The largest absolute Gasteiger partial charge is 0.357 e. The van der Waals surface area contributed by atoms with Gasteiger partial charge in [0.05, 0.1) is 4.90 Å². The van der Waals surface area contributed by atoms with E-state index in [1.807, 2.05) is 49.4 Å². The third-order valence-corrected chi connectivity index (χ3v) is 7.46. The van der Waals surface area contributed by atoms with Gasteiger partial charge in [0.2, 0.25) is 15.2 Å². The Hall–Kier alpha value is -2.29. The third-order valence-electron chi connectivity index (χ3n) is 4.90. The highest BCUT2D eigenvalue weighted by Gasteiger charge is 2.29. The first-order chi connectivity index (χ1) is 13.5. The minimum Gasteiger partial charge on any atom is -0.357 e. The van der Waals surface area contributed by atoms with Crippen molar-refractivity contribution in [2.45, 2.75) is 30.7 Å². The number of nitrogens with zero attached hydrogens (tertiary/aromatic N) is 3. The van der Waals surface area contributed by atoms with Gasteiger partial charge in [-0.3, -0.25) is 0 Å².